The van der Waals surface area contributed by atoms with E-state index in [9.17, 15) is 9.18 Å². The molecule has 0 saturated heterocycles. The summed E-state index contributed by atoms with van der Waals surface area (Å²) < 4.78 is 19.2. The molecule has 0 bridgehead atoms. The number of carbonyl (C=O) groups excluding carboxylic acids is 1. The van der Waals surface area contributed by atoms with Gasteiger partial charge in [0.25, 0.3) is 0 Å². The highest BCUT2D eigenvalue weighted by Gasteiger charge is 2.14. The van der Waals surface area contributed by atoms with Gasteiger partial charge in [-0.15, -0.1) is 10.2 Å². The summed E-state index contributed by atoms with van der Waals surface area (Å²) in [5, 5.41) is 8.29. The monoisotopic (exact) mass is 324 g/mol. The summed E-state index contributed by atoms with van der Waals surface area (Å²) in [5.41, 5.74) is 0.647. The van der Waals surface area contributed by atoms with E-state index in [1.807, 2.05) is 6.92 Å². The van der Waals surface area contributed by atoms with Crippen LogP contribution in [0.15, 0.2) is 29.4 Å². The number of rotatable bonds is 7. The summed E-state index contributed by atoms with van der Waals surface area (Å²) in [5.74, 6) is 5.77. The lowest BCUT2D eigenvalue weighted by molar-refractivity contribution is -0.140. The van der Waals surface area contributed by atoms with Crippen LogP contribution < -0.4 is 5.84 Å². The maximum absolute atomic E-state index is 12.9. The van der Waals surface area contributed by atoms with E-state index in [0.29, 0.717) is 23.2 Å². The molecule has 6 nitrogen and oxygen atoms in total. The van der Waals surface area contributed by atoms with Gasteiger partial charge in [-0.1, -0.05) is 25.1 Å². The van der Waals surface area contributed by atoms with Gasteiger partial charge in [-0.2, -0.15) is 0 Å². The van der Waals surface area contributed by atoms with E-state index in [4.69, 9.17) is 10.6 Å². The minimum Gasteiger partial charge on any atom is -0.465 e. The Kier molecular flexibility index (Phi) is 5.76. The number of unbranched alkanes of at least 4 members (excludes halogenated alkanes) is 1. The molecule has 2 N–H and O–H groups in total. The number of esters is 1. The second kappa shape index (κ2) is 7.79. The van der Waals surface area contributed by atoms with Crippen molar-refractivity contribution in [1.29, 1.82) is 0 Å². The molecule has 2 aromatic rings. The first-order chi connectivity index (χ1) is 10.6. The molecular formula is C14H17FN4O2S. The normalized spacial score (nSPS) is 10.6. The van der Waals surface area contributed by atoms with Crippen LogP contribution in [0.4, 0.5) is 4.39 Å². The van der Waals surface area contributed by atoms with Gasteiger partial charge in [0.05, 0.1) is 12.4 Å². The lowest BCUT2D eigenvalue weighted by atomic mass is 10.2. The molecule has 1 aromatic carbocycles. The number of benzene rings is 1. The van der Waals surface area contributed by atoms with Crippen LogP contribution in [0.5, 0.6) is 0 Å². The Morgan fingerprint density at radius 1 is 1.36 bits per heavy atom. The van der Waals surface area contributed by atoms with Gasteiger partial charge in [-0.25, -0.2) is 9.07 Å². The molecule has 0 aliphatic rings. The van der Waals surface area contributed by atoms with Crippen molar-refractivity contribution in [1.82, 2.24) is 14.9 Å². The standard InChI is InChI=1S/C14H17FN4O2S/c1-2-3-8-21-12(20)9-22-14-18-17-13(19(14)16)10-4-6-11(15)7-5-10/h4-7H,2-3,8-9,16H2,1H3. The van der Waals surface area contributed by atoms with Crippen molar-refractivity contribution in [3.8, 4) is 11.4 Å². The Bertz CT molecular complexity index is 630. The zero-order chi connectivity index (χ0) is 15.9. The summed E-state index contributed by atoms with van der Waals surface area (Å²) in [6.45, 7) is 2.45. The molecule has 0 aliphatic carbocycles. The van der Waals surface area contributed by atoms with Gasteiger partial charge in [0, 0.05) is 5.56 Å². The molecule has 118 valence electrons. The van der Waals surface area contributed by atoms with Gasteiger partial charge in [0.2, 0.25) is 5.16 Å². The summed E-state index contributed by atoms with van der Waals surface area (Å²) in [7, 11) is 0. The molecule has 2 rings (SSSR count). The number of nitrogens with zero attached hydrogens (tertiary/aromatic N) is 3. The number of ether oxygens (including phenoxy) is 1. The number of hydrogen-bond acceptors (Lipinski definition) is 6. The van der Waals surface area contributed by atoms with Gasteiger partial charge in [-0.3, -0.25) is 4.79 Å². The number of nitrogen functional groups attached to an aromatic ring is 1. The minimum atomic E-state index is -0.337. The third-order valence-corrected chi connectivity index (χ3v) is 3.76. The second-order valence-electron chi connectivity index (χ2n) is 4.55. The van der Waals surface area contributed by atoms with E-state index in [1.165, 1.54) is 16.8 Å². The highest BCUT2D eigenvalue weighted by Crippen LogP contribution is 2.21. The predicted molar refractivity (Wildman–Crippen MR) is 82.2 cm³/mol. The maximum atomic E-state index is 12.9. The highest BCUT2D eigenvalue weighted by molar-refractivity contribution is 7.99. The van der Waals surface area contributed by atoms with Crippen LogP contribution >= 0.6 is 11.8 Å². The van der Waals surface area contributed by atoms with E-state index >= 15 is 0 Å². The third-order valence-electron chi connectivity index (χ3n) is 2.85. The number of hydrogen-bond donors (Lipinski definition) is 1. The van der Waals surface area contributed by atoms with Gasteiger partial charge < -0.3 is 10.6 Å². The van der Waals surface area contributed by atoms with Crippen molar-refractivity contribution in [3.63, 3.8) is 0 Å². The van der Waals surface area contributed by atoms with Crippen LogP contribution in [0.25, 0.3) is 11.4 Å². The Hall–Kier alpha value is -2.09. The van der Waals surface area contributed by atoms with Crippen LogP contribution in [0.2, 0.25) is 0 Å². The summed E-state index contributed by atoms with van der Waals surface area (Å²) >= 11 is 1.15. The van der Waals surface area contributed by atoms with Crippen molar-refractivity contribution in [2.75, 3.05) is 18.2 Å². The molecule has 1 aromatic heterocycles. The van der Waals surface area contributed by atoms with Crippen molar-refractivity contribution < 1.29 is 13.9 Å². The second-order valence-corrected chi connectivity index (χ2v) is 5.49. The largest absolute Gasteiger partial charge is 0.465 e. The van der Waals surface area contributed by atoms with E-state index in [0.717, 1.165) is 24.6 Å². The molecule has 0 amide bonds. The van der Waals surface area contributed by atoms with E-state index < -0.39 is 0 Å². The molecule has 0 unspecified atom stereocenters. The summed E-state index contributed by atoms with van der Waals surface area (Å²) in [4.78, 5) is 11.5. The van der Waals surface area contributed by atoms with Gasteiger partial charge in [0.1, 0.15) is 5.82 Å². The molecule has 0 atom stereocenters. The number of thioether (sulfide) groups is 1. The average molecular weight is 324 g/mol. The quantitative estimate of drug-likeness (QED) is 0.364. The highest BCUT2D eigenvalue weighted by atomic mass is 32.2. The van der Waals surface area contributed by atoms with Crippen molar-refractivity contribution in [2.24, 2.45) is 0 Å². The summed E-state index contributed by atoms with van der Waals surface area (Å²) in [6.07, 6.45) is 1.82. The first kappa shape index (κ1) is 16.3. The van der Waals surface area contributed by atoms with Crippen molar-refractivity contribution >= 4 is 17.7 Å². The van der Waals surface area contributed by atoms with Gasteiger partial charge in [-0.05, 0) is 30.7 Å². The fourth-order valence-corrected chi connectivity index (χ4v) is 2.32. The molecule has 1 heterocycles. The molecule has 22 heavy (non-hydrogen) atoms. The van der Waals surface area contributed by atoms with Crippen molar-refractivity contribution in [3.05, 3.63) is 30.1 Å². The molecule has 0 aliphatic heterocycles. The fraction of sp³-hybridized carbons (Fsp3) is 0.357. The maximum Gasteiger partial charge on any atom is 0.316 e. The van der Waals surface area contributed by atoms with Crippen LogP contribution in [0.1, 0.15) is 19.8 Å². The van der Waals surface area contributed by atoms with Gasteiger partial charge in [0.15, 0.2) is 5.82 Å². The van der Waals surface area contributed by atoms with Crippen molar-refractivity contribution in [2.45, 2.75) is 24.9 Å². The number of carbonyl (C=O) groups is 1. The van der Waals surface area contributed by atoms with Crippen LogP contribution in [0.3, 0.4) is 0 Å². The Morgan fingerprint density at radius 2 is 2.09 bits per heavy atom. The molecule has 0 fully saturated rings. The number of halogens is 1. The molecule has 0 spiro atoms. The Balaban J connectivity index is 1.96. The Morgan fingerprint density at radius 3 is 2.77 bits per heavy atom. The molecule has 0 radical (unpaired) electrons. The van der Waals surface area contributed by atoms with Crippen LogP contribution in [0, 0.1) is 5.82 Å². The zero-order valence-electron chi connectivity index (χ0n) is 12.2. The first-order valence-electron chi connectivity index (χ1n) is 6.86. The molecular weight excluding hydrogens is 307 g/mol. The minimum absolute atomic E-state index is 0.114. The summed E-state index contributed by atoms with van der Waals surface area (Å²) in [6, 6.07) is 5.77. The molecule has 0 saturated carbocycles. The fourth-order valence-electron chi connectivity index (χ4n) is 1.67. The first-order valence-corrected chi connectivity index (χ1v) is 7.85. The van der Waals surface area contributed by atoms with Crippen LogP contribution in [-0.2, 0) is 9.53 Å². The smallest absolute Gasteiger partial charge is 0.316 e. The zero-order valence-corrected chi connectivity index (χ0v) is 13.0. The third kappa shape index (κ3) is 4.20. The van der Waals surface area contributed by atoms with E-state index in [2.05, 4.69) is 10.2 Å². The predicted octanol–water partition coefficient (Wildman–Crippen LogP) is 2.23. The van der Waals surface area contributed by atoms with Crippen LogP contribution in [-0.4, -0.2) is 33.2 Å². The topological polar surface area (TPSA) is 83.0 Å². The lowest BCUT2D eigenvalue weighted by Gasteiger charge is -2.04. The number of aromatic nitrogens is 3. The number of nitrogens with two attached hydrogens (primary N) is 1. The van der Waals surface area contributed by atoms with Gasteiger partial charge >= 0.3 is 5.97 Å². The molecule has 8 heteroatoms. The van der Waals surface area contributed by atoms with E-state index in [-0.39, 0.29) is 17.5 Å². The lowest BCUT2D eigenvalue weighted by Crippen LogP contribution is -2.13. The van der Waals surface area contributed by atoms with E-state index in [1.54, 1.807) is 12.1 Å². The SMILES string of the molecule is CCCCOC(=O)CSc1nnc(-c2ccc(F)cc2)n1N. The average Bonchev–Trinajstić information content (AvgIpc) is 2.87. The Labute approximate surface area is 131 Å².